The fourth-order valence-corrected chi connectivity index (χ4v) is 5.51. The fraction of sp³-hybridized carbons (Fsp3) is 0.381. The van der Waals surface area contributed by atoms with E-state index in [9.17, 15) is 31.1 Å². The highest BCUT2D eigenvalue weighted by Crippen LogP contribution is 2.44. The van der Waals surface area contributed by atoms with Gasteiger partial charge >= 0.3 is 10.2 Å². The highest BCUT2D eigenvalue weighted by Gasteiger charge is 2.35. The first-order valence-electron chi connectivity index (χ1n) is 10.5. The second-order valence-corrected chi connectivity index (χ2v) is 10.1. The van der Waals surface area contributed by atoms with Gasteiger partial charge in [-0.25, -0.2) is 17.6 Å². The van der Waals surface area contributed by atoms with Crippen LogP contribution in [-0.2, 0) is 10.2 Å². The molecule has 0 spiro atoms. The number of nitrogens with zero attached hydrogens (tertiary/aromatic N) is 3. The van der Waals surface area contributed by atoms with Crippen molar-refractivity contribution in [1.29, 1.82) is 0 Å². The number of rotatable bonds is 5. The monoisotopic (exact) mass is 484 g/mol. The normalized spacial score (nSPS) is 18.2. The van der Waals surface area contributed by atoms with Crippen LogP contribution < -0.4 is 5.32 Å². The van der Waals surface area contributed by atoms with Crippen molar-refractivity contribution < 1.29 is 31.1 Å². The van der Waals surface area contributed by atoms with Crippen molar-refractivity contribution in [3.05, 3.63) is 53.2 Å². The molecule has 0 atom stereocenters. The van der Waals surface area contributed by atoms with Gasteiger partial charge in [0, 0.05) is 48.3 Å². The molecule has 5 rings (SSSR count). The summed E-state index contributed by atoms with van der Waals surface area (Å²) in [6.07, 6.45) is 1.62. The number of aromatic nitrogens is 2. The minimum atomic E-state index is -4.10. The number of piperidine rings is 1. The molecular weight excluding hydrogens is 464 g/mol. The Balaban J connectivity index is 1.58. The smallest absolute Gasteiger partial charge is 0.323 e. The fourth-order valence-electron chi connectivity index (χ4n) is 4.03. The van der Waals surface area contributed by atoms with Crippen molar-refractivity contribution in [3.8, 4) is 0 Å². The molecule has 1 saturated heterocycles. The minimum absolute atomic E-state index is 0.0196. The summed E-state index contributed by atoms with van der Waals surface area (Å²) in [6.45, 7) is 0.237. The van der Waals surface area contributed by atoms with Crippen molar-refractivity contribution >= 4 is 32.5 Å². The zero-order chi connectivity index (χ0) is 23.5. The third kappa shape index (κ3) is 3.96. The zero-order valence-electron chi connectivity index (χ0n) is 17.2. The molecule has 2 aromatic carbocycles. The van der Waals surface area contributed by atoms with Crippen LogP contribution in [0.1, 0.15) is 37.3 Å². The van der Waals surface area contributed by atoms with Crippen molar-refractivity contribution in [1.82, 2.24) is 13.5 Å². The summed E-state index contributed by atoms with van der Waals surface area (Å²) in [7, 11) is -4.10. The number of fused-ring (bicyclic) bond motifs is 1. The van der Waals surface area contributed by atoms with Gasteiger partial charge in [0.25, 0.3) is 0 Å². The molecular formula is C21H20F4N4O3S. The third-order valence-electron chi connectivity index (χ3n) is 5.96. The number of hydrogen-bond donors (Lipinski definition) is 2. The van der Waals surface area contributed by atoms with Crippen LogP contribution in [0.25, 0.3) is 10.9 Å². The maximum absolute atomic E-state index is 15.0. The molecule has 1 aliphatic carbocycles. The average Bonchev–Trinajstić information content (AvgIpc) is 3.54. The highest BCUT2D eigenvalue weighted by molar-refractivity contribution is 7.87. The Morgan fingerprint density at radius 1 is 0.939 bits per heavy atom. The van der Waals surface area contributed by atoms with Crippen LogP contribution in [0.15, 0.2) is 24.3 Å². The molecule has 2 heterocycles. The van der Waals surface area contributed by atoms with Gasteiger partial charge in [-0.2, -0.15) is 17.8 Å². The summed E-state index contributed by atoms with van der Waals surface area (Å²) < 4.78 is 83.8. The number of anilines is 2. The molecule has 33 heavy (non-hydrogen) atoms. The molecule has 2 N–H and O–H groups in total. The number of benzene rings is 2. The lowest BCUT2D eigenvalue weighted by atomic mass is 10.1. The van der Waals surface area contributed by atoms with E-state index in [1.165, 1.54) is 10.4 Å². The quantitative estimate of drug-likeness (QED) is 0.425. The van der Waals surface area contributed by atoms with Gasteiger partial charge in [0.1, 0.15) is 5.82 Å². The predicted octanol–water partition coefficient (Wildman–Crippen LogP) is 3.76. The zero-order valence-corrected chi connectivity index (χ0v) is 18.0. The molecule has 1 saturated carbocycles. The Kier molecular flexibility index (Phi) is 5.33. The Morgan fingerprint density at radius 2 is 1.58 bits per heavy atom. The Hall–Kier alpha value is -2.70. The molecule has 12 heteroatoms. The van der Waals surface area contributed by atoms with Crippen LogP contribution in [-0.4, -0.2) is 46.2 Å². The third-order valence-corrected chi connectivity index (χ3v) is 7.69. The highest BCUT2D eigenvalue weighted by atomic mass is 32.2. The SMILES string of the molecule is O=S(=O)(N1CCC(O)CC1)n1nc(C2CC2)c2cc(Nc3cc(F)c(F)c(F)c3)c(F)cc21. The van der Waals surface area contributed by atoms with Gasteiger partial charge in [-0.05, 0) is 31.7 Å². The van der Waals surface area contributed by atoms with E-state index in [0.717, 1.165) is 23.0 Å². The van der Waals surface area contributed by atoms with Gasteiger partial charge in [-0.1, -0.05) is 0 Å². The standard InChI is InChI=1S/C21H20F4N4O3S/c22-15-10-19-14(9-18(15)26-12-7-16(23)20(25)17(24)8-12)21(11-1-2-11)27-29(19)33(31,32)28-5-3-13(30)4-6-28/h7-11,13,26,30H,1-6H2. The van der Waals surface area contributed by atoms with E-state index in [0.29, 0.717) is 36.1 Å². The van der Waals surface area contributed by atoms with Crippen molar-refractivity contribution in [2.24, 2.45) is 0 Å². The number of hydrogen-bond acceptors (Lipinski definition) is 5. The van der Waals surface area contributed by atoms with Crippen LogP contribution in [0.5, 0.6) is 0 Å². The minimum Gasteiger partial charge on any atom is -0.393 e. The second kappa shape index (κ2) is 7.96. The lowest BCUT2D eigenvalue weighted by Crippen LogP contribution is -2.43. The van der Waals surface area contributed by atoms with E-state index in [-0.39, 0.29) is 35.9 Å². The van der Waals surface area contributed by atoms with E-state index in [4.69, 9.17) is 0 Å². The largest absolute Gasteiger partial charge is 0.393 e. The van der Waals surface area contributed by atoms with E-state index in [1.54, 1.807) is 0 Å². The first kappa shape index (κ1) is 22.1. The molecule has 0 amide bonds. The summed E-state index contributed by atoms with van der Waals surface area (Å²) in [5.41, 5.74) is 0.171. The molecule has 1 aliphatic heterocycles. The van der Waals surface area contributed by atoms with Crippen LogP contribution in [0.4, 0.5) is 28.9 Å². The van der Waals surface area contributed by atoms with Gasteiger partial charge in [0.05, 0.1) is 23.0 Å². The molecule has 2 aliphatic rings. The number of halogens is 4. The van der Waals surface area contributed by atoms with E-state index < -0.39 is 39.6 Å². The molecule has 7 nitrogen and oxygen atoms in total. The van der Waals surface area contributed by atoms with Gasteiger partial charge in [0.2, 0.25) is 0 Å². The summed E-state index contributed by atoms with van der Waals surface area (Å²) in [6, 6.07) is 3.74. The lowest BCUT2D eigenvalue weighted by molar-refractivity contribution is 0.112. The topological polar surface area (TPSA) is 87.5 Å². The molecule has 0 radical (unpaired) electrons. The molecule has 0 unspecified atom stereocenters. The number of nitrogens with one attached hydrogen (secondary N) is 1. The summed E-state index contributed by atoms with van der Waals surface area (Å²) in [4.78, 5) is 0. The molecule has 176 valence electrons. The Bertz CT molecular complexity index is 1330. The predicted molar refractivity (Wildman–Crippen MR) is 112 cm³/mol. The van der Waals surface area contributed by atoms with Crippen molar-refractivity contribution in [3.63, 3.8) is 0 Å². The van der Waals surface area contributed by atoms with Crippen LogP contribution >= 0.6 is 0 Å². The Labute approximate surface area is 186 Å². The molecule has 2 fully saturated rings. The van der Waals surface area contributed by atoms with Gasteiger partial charge < -0.3 is 10.4 Å². The first-order chi connectivity index (χ1) is 15.6. The van der Waals surface area contributed by atoms with Gasteiger partial charge in [0.15, 0.2) is 17.5 Å². The van der Waals surface area contributed by atoms with Crippen molar-refractivity contribution in [2.75, 3.05) is 18.4 Å². The number of aliphatic hydroxyl groups excluding tert-OH is 1. The van der Waals surface area contributed by atoms with Crippen molar-refractivity contribution in [2.45, 2.75) is 37.7 Å². The van der Waals surface area contributed by atoms with E-state index in [2.05, 4.69) is 10.4 Å². The second-order valence-electron chi connectivity index (χ2n) is 8.37. The molecule has 0 bridgehead atoms. The van der Waals surface area contributed by atoms with Crippen LogP contribution in [0.3, 0.4) is 0 Å². The van der Waals surface area contributed by atoms with E-state index in [1.807, 2.05) is 0 Å². The van der Waals surface area contributed by atoms with Gasteiger partial charge in [-0.15, -0.1) is 4.09 Å². The summed E-state index contributed by atoms with van der Waals surface area (Å²) in [5, 5.41) is 16.9. The van der Waals surface area contributed by atoms with Gasteiger partial charge in [-0.3, -0.25) is 0 Å². The molecule has 3 aromatic rings. The van der Waals surface area contributed by atoms with Crippen LogP contribution in [0.2, 0.25) is 0 Å². The Morgan fingerprint density at radius 3 is 2.18 bits per heavy atom. The van der Waals surface area contributed by atoms with Crippen LogP contribution in [0, 0.1) is 23.3 Å². The number of aliphatic hydroxyl groups is 1. The lowest BCUT2D eigenvalue weighted by Gasteiger charge is -2.28. The summed E-state index contributed by atoms with van der Waals surface area (Å²) >= 11 is 0. The first-order valence-corrected chi connectivity index (χ1v) is 11.9. The maximum atomic E-state index is 15.0. The summed E-state index contributed by atoms with van der Waals surface area (Å²) in [5.74, 6) is -5.35. The maximum Gasteiger partial charge on any atom is 0.323 e. The molecule has 1 aromatic heterocycles. The van der Waals surface area contributed by atoms with E-state index >= 15 is 0 Å². The average molecular weight is 484 g/mol.